The van der Waals surface area contributed by atoms with E-state index >= 15 is 0 Å². The van der Waals surface area contributed by atoms with Gasteiger partial charge in [0, 0.05) is 19.6 Å². The zero-order valence-electron chi connectivity index (χ0n) is 10.3. The van der Waals surface area contributed by atoms with E-state index in [1.165, 1.54) is 32.5 Å². The molecule has 0 aliphatic carbocycles. The molecule has 1 fully saturated rings. The molecule has 0 atom stereocenters. The first-order valence-electron chi connectivity index (χ1n) is 6.28. The van der Waals surface area contributed by atoms with Crippen LogP contribution in [0.15, 0.2) is 12.7 Å². The summed E-state index contributed by atoms with van der Waals surface area (Å²) in [6, 6.07) is 0. The largest absolute Gasteiger partial charge is 0.312 e. The number of hydrogen-bond acceptors (Lipinski definition) is 2. The fraction of sp³-hybridized carbons (Fsp3) is 0.846. The quantitative estimate of drug-likeness (QED) is 0.534. The van der Waals surface area contributed by atoms with Gasteiger partial charge < -0.3 is 10.2 Å². The Kier molecular flexibility index (Phi) is 5.96. The van der Waals surface area contributed by atoms with Crippen LogP contribution in [-0.4, -0.2) is 37.6 Å². The molecule has 1 saturated heterocycles. The number of hydrogen-bond donors (Lipinski definition) is 1. The third kappa shape index (κ3) is 4.80. The van der Waals surface area contributed by atoms with Crippen molar-refractivity contribution in [3.05, 3.63) is 12.7 Å². The van der Waals surface area contributed by atoms with Crippen molar-refractivity contribution < 1.29 is 0 Å². The number of piperidine rings is 1. The van der Waals surface area contributed by atoms with Crippen molar-refractivity contribution in [2.24, 2.45) is 11.8 Å². The van der Waals surface area contributed by atoms with E-state index in [0.29, 0.717) is 0 Å². The van der Waals surface area contributed by atoms with Gasteiger partial charge in [-0.25, -0.2) is 0 Å². The smallest absolute Gasteiger partial charge is 0.0132 e. The molecule has 1 aliphatic heterocycles. The Morgan fingerprint density at radius 3 is 2.60 bits per heavy atom. The van der Waals surface area contributed by atoms with Crippen LogP contribution in [-0.2, 0) is 0 Å². The van der Waals surface area contributed by atoms with Gasteiger partial charge in [0.25, 0.3) is 0 Å². The zero-order valence-corrected chi connectivity index (χ0v) is 10.3. The van der Waals surface area contributed by atoms with Gasteiger partial charge in [0.05, 0.1) is 0 Å². The lowest BCUT2D eigenvalue weighted by atomic mass is 9.87. The lowest BCUT2D eigenvalue weighted by Gasteiger charge is -2.33. The van der Waals surface area contributed by atoms with E-state index in [2.05, 4.69) is 30.6 Å². The Bertz CT molecular complexity index is 169. The lowest BCUT2D eigenvalue weighted by Crippen LogP contribution is -2.39. The summed E-state index contributed by atoms with van der Waals surface area (Å²) in [5, 5.41) is 3.36. The second-order valence-electron chi connectivity index (χ2n) is 4.92. The summed E-state index contributed by atoms with van der Waals surface area (Å²) in [7, 11) is 0. The molecule has 0 amide bonds. The van der Waals surface area contributed by atoms with E-state index < -0.39 is 0 Å². The van der Waals surface area contributed by atoms with Crippen molar-refractivity contribution in [2.45, 2.75) is 26.7 Å². The predicted octanol–water partition coefficient (Wildman–Crippen LogP) is 2.13. The standard InChI is InChI=1S/C13H26N2/c1-4-7-14-8-11-15-9-5-13(6-10-15)12(2)3/h4,12-14H,1,5-11H2,2-3H3. The predicted molar refractivity (Wildman–Crippen MR) is 67.1 cm³/mol. The average Bonchev–Trinajstić information content (AvgIpc) is 2.25. The SMILES string of the molecule is C=CCNCCN1CCC(C(C)C)CC1. The minimum atomic E-state index is 0.867. The molecule has 1 N–H and O–H groups in total. The molecule has 0 bridgehead atoms. The summed E-state index contributed by atoms with van der Waals surface area (Å²) in [6.07, 6.45) is 4.70. The molecule has 1 heterocycles. The van der Waals surface area contributed by atoms with Gasteiger partial charge >= 0.3 is 0 Å². The molecule has 0 radical (unpaired) electrons. The van der Waals surface area contributed by atoms with E-state index in [-0.39, 0.29) is 0 Å². The van der Waals surface area contributed by atoms with Gasteiger partial charge in [-0.1, -0.05) is 19.9 Å². The molecule has 1 aliphatic rings. The van der Waals surface area contributed by atoms with Crippen LogP contribution in [0.3, 0.4) is 0 Å². The highest BCUT2D eigenvalue weighted by atomic mass is 15.1. The van der Waals surface area contributed by atoms with E-state index in [9.17, 15) is 0 Å². The van der Waals surface area contributed by atoms with Crippen molar-refractivity contribution in [1.29, 1.82) is 0 Å². The topological polar surface area (TPSA) is 15.3 Å². The van der Waals surface area contributed by atoms with E-state index in [1.807, 2.05) is 6.08 Å². The monoisotopic (exact) mass is 210 g/mol. The summed E-state index contributed by atoms with van der Waals surface area (Å²) in [6.45, 7) is 14.2. The molecule has 2 heteroatoms. The number of nitrogens with zero attached hydrogens (tertiary/aromatic N) is 1. The average molecular weight is 210 g/mol. The van der Waals surface area contributed by atoms with Crippen molar-refractivity contribution in [3.8, 4) is 0 Å². The summed E-state index contributed by atoms with van der Waals surface area (Å²) < 4.78 is 0. The second-order valence-corrected chi connectivity index (χ2v) is 4.92. The highest BCUT2D eigenvalue weighted by molar-refractivity contribution is 4.75. The molecule has 0 saturated carbocycles. The maximum Gasteiger partial charge on any atom is 0.0132 e. The molecule has 0 aromatic rings. The maximum atomic E-state index is 3.70. The highest BCUT2D eigenvalue weighted by Gasteiger charge is 2.20. The Labute approximate surface area is 94.7 Å². The van der Waals surface area contributed by atoms with Crippen LogP contribution in [0.5, 0.6) is 0 Å². The van der Waals surface area contributed by atoms with Crippen LogP contribution in [0.1, 0.15) is 26.7 Å². The van der Waals surface area contributed by atoms with Crippen LogP contribution >= 0.6 is 0 Å². The van der Waals surface area contributed by atoms with Gasteiger partial charge in [0.1, 0.15) is 0 Å². The molecule has 88 valence electrons. The van der Waals surface area contributed by atoms with E-state index in [4.69, 9.17) is 0 Å². The summed E-state index contributed by atoms with van der Waals surface area (Å²) >= 11 is 0. The molecule has 2 nitrogen and oxygen atoms in total. The van der Waals surface area contributed by atoms with E-state index in [1.54, 1.807) is 0 Å². The highest BCUT2D eigenvalue weighted by Crippen LogP contribution is 2.23. The molecular formula is C13H26N2. The Morgan fingerprint density at radius 2 is 2.07 bits per heavy atom. The van der Waals surface area contributed by atoms with Crippen molar-refractivity contribution in [2.75, 3.05) is 32.7 Å². The van der Waals surface area contributed by atoms with Gasteiger partial charge in [-0.3, -0.25) is 0 Å². The van der Waals surface area contributed by atoms with Crippen molar-refractivity contribution >= 4 is 0 Å². The zero-order chi connectivity index (χ0) is 11.1. The first-order chi connectivity index (χ1) is 7.24. The third-order valence-corrected chi connectivity index (χ3v) is 3.47. The Balaban J connectivity index is 2.06. The molecule has 15 heavy (non-hydrogen) atoms. The van der Waals surface area contributed by atoms with Crippen LogP contribution in [0.4, 0.5) is 0 Å². The third-order valence-electron chi connectivity index (χ3n) is 3.47. The number of rotatable bonds is 6. The molecule has 0 aromatic carbocycles. The minimum absolute atomic E-state index is 0.867. The van der Waals surface area contributed by atoms with E-state index in [0.717, 1.165) is 24.9 Å². The van der Waals surface area contributed by atoms with Crippen molar-refractivity contribution in [1.82, 2.24) is 10.2 Å². The Hall–Kier alpha value is -0.340. The first-order valence-corrected chi connectivity index (χ1v) is 6.28. The number of nitrogens with one attached hydrogen (secondary N) is 1. The van der Waals surface area contributed by atoms with Gasteiger partial charge in [-0.2, -0.15) is 0 Å². The second kappa shape index (κ2) is 7.02. The van der Waals surface area contributed by atoms with Gasteiger partial charge in [-0.15, -0.1) is 6.58 Å². The lowest BCUT2D eigenvalue weighted by molar-refractivity contribution is 0.159. The molecule has 1 rings (SSSR count). The first kappa shape index (κ1) is 12.7. The molecule has 0 aromatic heterocycles. The molecule has 0 unspecified atom stereocenters. The van der Waals surface area contributed by atoms with Crippen LogP contribution in [0.25, 0.3) is 0 Å². The molecular weight excluding hydrogens is 184 g/mol. The van der Waals surface area contributed by atoms with Crippen molar-refractivity contribution in [3.63, 3.8) is 0 Å². The summed E-state index contributed by atoms with van der Waals surface area (Å²) in [5.74, 6) is 1.83. The fourth-order valence-electron chi connectivity index (χ4n) is 2.28. The van der Waals surface area contributed by atoms with Gasteiger partial charge in [-0.05, 0) is 37.8 Å². The number of likely N-dealkylation sites (tertiary alicyclic amines) is 1. The summed E-state index contributed by atoms with van der Waals surface area (Å²) in [4.78, 5) is 2.58. The fourth-order valence-corrected chi connectivity index (χ4v) is 2.28. The minimum Gasteiger partial charge on any atom is -0.312 e. The summed E-state index contributed by atoms with van der Waals surface area (Å²) in [5.41, 5.74) is 0. The van der Waals surface area contributed by atoms with Crippen LogP contribution in [0.2, 0.25) is 0 Å². The normalized spacial score (nSPS) is 19.7. The van der Waals surface area contributed by atoms with Crippen LogP contribution < -0.4 is 5.32 Å². The maximum absolute atomic E-state index is 3.70. The van der Waals surface area contributed by atoms with Gasteiger partial charge in [0.15, 0.2) is 0 Å². The van der Waals surface area contributed by atoms with Crippen LogP contribution in [0, 0.1) is 11.8 Å². The molecule has 0 spiro atoms. The Morgan fingerprint density at radius 1 is 1.40 bits per heavy atom. The van der Waals surface area contributed by atoms with Gasteiger partial charge in [0.2, 0.25) is 0 Å².